The molecule has 0 radical (unpaired) electrons. The van der Waals surface area contributed by atoms with Crippen LogP contribution in [0.3, 0.4) is 0 Å². The van der Waals surface area contributed by atoms with Crippen molar-refractivity contribution in [3.8, 4) is 0 Å². The molecular weight excluding hydrogens is 382 g/mol. The van der Waals surface area contributed by atoms with Crippen molar-refractivity contribution < 1.29 is 9.59 Å². The van der Waals surface area contributed by atoms with Crippen molar-refractivity contribution in [3.05, 3.63) is 76.8 Å². The minimum absolute atomic E-state index is 0.0868. The third kappa shape index (κ3) is 3.67. The Labute approximate surface area is 172 Å². The summed E-state index contributed by atoms with van der Waals surface area (Å²) in [5.74, 6) is -0.901. The Kier molecular flexibility index (Phi) is 5.30. The maximum Gasteiger partial charge on any atom is 0.290 e. The molecule has 0 aliphatic carbocycles. The molecule has 8 nitrogen and oxygen atoms in total. The highest BCUT2D eigenvalue weighted by molar-refractivity contribution is 6.05. The van der Waals surface area contributed by atoms with E-state index in [1.54, 1.807) is 31.2 Å². The summed E-state index contributed by atoms with van der Waals surface area (Å²) in [7, 11) is 0. The van der Waals surface area contributed by atoms with E-state index in [0.717, 1.165) is 10.9 Å². The second kappa shape index (κ2) is 8.20. The summed E-state index contributed by atoms with van der Waals surface area (Å²) in [6.45, 7) is 2.59. The number of rotatable bonds is 5. The van der Waals surface area contributed by atoms with Crippen LogP contribution in [0.5, 0.6) is 0 Å². The SMILES string of the molecule is CCn1nc(C(=O)NNC(=O)CCn2ccc3ccccc32)c2ccccc2c1=O. The van der Waals surface area contributed by atoms with Crippen molar-refractivity contribution in [2.75, 3.05) is 0 Å². The molecule has 152 valence electrons. The van der Waals surface area contributed by atoms with E-state index in [4.69, 9.17) is 0 Å². The van der Waals surface area contributed by atoms with Crippen molar-refractivity contribution in [1.82, 2.24) is 25.2 Å². The zero-order chi connectivity index (χ0) is 21.1. The normalized spacial score (nSPS) is 11.0. The first-order valence-corrected chi connectivity index (χ1v) is 9.71. The van der Waals surface area contributed by atoms with E-state index in [9.17, 15) is 14.4 Å². The Balaban J connectivity index is 1.44. The predicted octanol–water partition coefficient (Wildman–Crippen LogP) is 2.22. The lowest BCUT2D eigenvalue weighted by atomic mass is 10.1. The number of aromatic nitrogens is 3. The quantitative estimate of drug-likeness (QED) is 0.499. The summed E-state index contributed by atoms with van der Waals surface area (Å²) in [4.78, 5) is 37.3. The molecule has 0 fully saturated rings. The molecule has 0 atom stereocenters. The van der Waals surface area contributed by atoms with Crippen LogP contribution in [-0.4, -0.2) is 26.2 Å². The number of hydrazine groups is 1. The number of carbonyl (C=O) groups excluding carboxylic acids is 2. The molecule has 0 saturated heterocycles. The zero-order valence-corrected chi connectivity index (χ0v) is 16.5. The molecule has 0 aliphatic heterocycles. The molecule has 2 aromatic heterocycles. The number of benzene rings is 2. The van der Waals surface area contributed by atoms with Gasteiger partial charge in [-0.25, -0.2) is 4.68 Å². The van der Waals surface area contributed by atoms with Gasteiger partial charge in [0, 0.05) is 36.6 Å². The van der Waals surface area contributed by atoms with Gasteiger partial charge in [-0.2, -0.15) is 5.10 Å². The Morgan fingerprint density at radius 3 is 2.50 bits per heavy atom. The van der Waals surface area contributed by atoms with Gasteiger partial charge in [-0.1, -0.05) is 36.4 Å². The fourth-order valence-corrected chi connectivity index (χ4v) is 3.42. The van der Waals surface area contributed by atoms with Gasteiger partial charge in [0.1, 0.15) is 0 Å². The van der Waals surface area contributed by atoms with E-state index in [0.29, 0.717) is 23.9 Å². The Morgan fingerprint density at radius 2 is 1.70 bits per heavy atom. The fourth-order valence-electron chi connectivity index (χ4n) is 3.42. The summed E-state index contributed by atoms with van der Waals surface area (Å²) >= 11 is 0. The summed E-state index contributed by atoms with van der Waals surface area (Å²) < 4.78 is 3.22. The van der Waals surface area contributed by atoms with Crippen molar-refractivity contribution >= 4 is 33.5 Å². The molecule has 0 unspecified atom stereocenters. The second-order valence-corrected chi connectivity index (χ2v) is 6.84. The molecule has 2 heterocycles. The zero-order valence-electron chi connectivity index (χ0n) is 16.5. The number of para-hydroxylation sites is 1. The molecule has 0 aliphatic rings. The smallest absolute Gasteiger partial charge is 0.290 e. The maximum atomic E-state index is 12.6. The van der Waals surface area contributed by atoms with Gasteiger partial charge in [-0.05, 0) is 30.5 Å². The van der Waals surface area contributed by atoms with Gasteiger partial charge in [0.2, 0.25) is 5.91 Å². The van der Waals surface area contributed by atoms with Gasteiger partial charge in [-0.15, -0.1) is 0 Å². The molecule has 30 heavy (non-hydrogen) atoms. The van der Waals surface area contributed by atoms with Gasteiger partial charge in [0.05, 0.1) is 5.39 Å². The first-order chi connectivity index (χ1) is 14.6. The van der Waals surface area contributed by atoms with Gasteiger partial charge in [0.15, 0.2) is 5.69 Å². The van der Waals surface area contributed by atoms with Gasteiger partial charge < -0.3 is 4.57 Å². The predicted molar refractivity (Wildman–Crippen MR) is 114 cm³/mol. The summed E-state index contributed by atoms with van der Waals surface area (Å²) in [5, 5.41) is 6.11. The number of fused-ring (bicyclic) bond motifs is 2. The molecule has 2 aromatic carbocycles. The molecule has 0 bridgehead atoms. The first kappa shape index (κ1) is 19.4. The highest BCUT2D eigenvalue weighted by Gasteiger charge is 2.16. The van der Waals surface area contributed by atoms with Gasteiger partial charge in [0.25, 0.3) is 11.5 Å². The molecule has 8 heteroatoms. The highest BCUT2D eigenvalue weighted by atomic mass is 16.2. The lowest BCUT2D eigenvalue weighted by Gasteiger charge is -2.11. The van der Waals surface area contributed by atoms with Crippen molar-refractivity contribution in [2.45, 2.75) is 26.4 Å². The standard InChI is InChI=1S/C22H21N5O3/c1-2-27-22(30)17-9-5-4-8-16(17)20(25-27)21(29)24-23-19(28)12-14-26-13-11-15-7-3-6-10-18(15)26/h3-11,13H,2,12,14H2,1H3,(H,23,28)(H,24,29). The number of aryl methyl sites for hydroxylation is 2. The van der Waals surface area contributed by atoms with Gasteiger partial charge >= 0.3 is 0 Å². The van der Waals surface area contributed by atoms with Crippen LogP contribution in [0.1, 0.15) is 23.8 Å². The number of carbonyl (C=O) groups is 2. The van der Waals surface area contributed by atoms with E-state index in [2.05, 4.69) is 16.0 Å². The van der Waals surface area contributed by atoms with Crippen LogP contribution >= 0.6 is 0 Å². The Morgan fingerprint density at radius 1 is 0.967 bits per heavy atom. The highest BCUT2D eigenvalue weighted by Crippen LogP contribution is 2.15. The summed E-state index contributed by atoms with van der Waals surface area (Å²) in [6.07, 6.45) is 2.13. The molecule has 2 N–H and O–H groups in total. The molecule has 4 aromatic rings. The number of hydrogen-bond acceptors (Lipinski definition) is 4. The van der Waals surface area contributed by atoms with Crippen molar-refractivity contribution in [2.24, 2.45) is 0 Å². The lowest BCUT2D eigenvalue weighted by molar-refractivity contribution is -0.122. The van der Waals surface area contributed by atoms with E-state index >= 15 is 0 Å². The van der Waals surface area contributed by atoms with Crippen molar-refractivity contribution in [1.29, 1.82) is 0 Å². The number of nitrogens with one attached hydrogen (secondary N) is 2. The average Bonchev–Trinajstić information content (AvgIpc) is 3.19. The minimum Gasteiger partial charge on any atom is -0.347 e. The van der Waals surface area contributed by atoms with E-state index < -0.39 is 5.91 Å². The largest absolute Gasteiger partial charge is 0.347 e. The third-order valence-electron chi connectivity index (χ3n) is 4.96. The molecular formula is C22H21N5O3. The topological polar surface area (TPSA) is 98.0 Å². The van der Waals surface area contributed by atoms with Crippen LogP contribution in [0.2, 0.25) is 0 Å². The molecule has 2 amide bonds. The second-order valence-electron chi connectivity index (χ2n) is 6.84. The summed E-state index contributed by atoms with van der Waals surface area (Å²) in [5.41, 5.74) is 5.71. The Hall–Kier alpha value is -3.94. The number of amides is 2. The van der Waals surface area contributed by atoms with E-state index in [1.807, 2.05) is 41.1 Å². The van der Waals surface area contributed by atoms with Crippen LogP contribution in [0.15, 0.2) is 65.6 Å². The average molecular weight is 403 g/mol. The fraction of sp³-hybridized carbons (Fsp3) is 0.182. The number of hydrogen-bond donors (Lipinski definition) is 2. The molecule has 0 saturated carbocycles. The van der Waals surface area contributed by atoms with E-state index in [-0.39, 0.29) is 23.6 Å². The van der Waals surface area contributed by atoms with Gasteiger partial charge in [-0.3, -0.25) is 25.2 Å². The van der Waals surface area contributed by atoms with Crippen LogP contribution in [-0.2, 0) is 17.9 Å². The van der Waals surface area contributed by atoms with Crippen LogP contribution < -0.4 is 16.4 Å². The monoisotopic (exact) mass is 403 g/mol. The minimum atomic E-state index is -0.576. The van der Waals surface area contributed by atoms with Crippen LogP contribution in [0.25, 0.3) is 21.7 Å². The van der Waals surface area contributed by atoms with Crippen LogP contribution in [0, 0.1) is 0 Å². The molecule has 0 spiro atoms. The van der Waals surface area contributed by atoms with Crippen molar-refractivity contribution in [3.63, 3.8) is 0 Å². The third-order valence-corrected chi connectivity index (χ3v) is 4.96. The molecule has 4 rings (SSSR count). The first-order valence-electron chi connectivity index (χ1n) is 9.71. The van der Waals surface area contributed by atoms with Crippen LogP contribution in [0.4, 0.5) is 0 Å². The lowest BCUT2D eigenvalue weighted by Crippen LogP contribution is -2.43. The summed E-state index contributed by atoms with van der Waals surface area (Å²) in [6, 6.07) is 16.7. The number of nitrogens with zero attached hydrogens (tertiary/aromatic N) is 3. The Bertz CT molecular complexity index is 1310. The van der Waals surface area contributed by atoms with E-state index in [1.165, 1.54) is 4.68 Å². The maximum absolute atomic E-state index is 12.6.